The Balaban J connectivity index is 0.00000264. The maximum Gasteiger partial charge on any atom is 0.220 e. The zero-order valence-electron chi connectivity index (χ0n) is 14.1. The summed E-state index contributed by atoms with van der Waals surface area (Å²) in [5.74, 6) is 2.05. The van der Waals surface area contributed by atoms with Crippen LogP contribution in [0.1, 0.15) is 38.7 Å². The van der Waals surface area contributed by atoms with Gasteiger partial charge in [-0.05, 0) is 62.4 Å². The van der Waals surface area contributed by atoms with Crippen LogP contribution in [0.3, 0.4) is 0 Å². The largest absolute Gasteiger partial charge is 0.494 e. The van der Waals surface area contributed by atoms with E-state index >= 15 is 0 Å². The topological polar surface area (TPSA) is 50.4 Å². The van der Waals surface area contributed by atoms with Crippen LogP contribution in [0.5, 0.6) is 5.75 Å². The lowest BCUT2D eigenvalue weighted by molar-refractivity contribution is -0.122. The van der Waals surface area contributed by atoms with Crippen LogP contribution in [0, 0.1) is 11.8 Å². The zero-order valence-corrected chi connectivity index (χ0v) is 15.0. The number of amides is 1. The molecule has 5 heteroatoms. The second-order valence-corrected chi connectivity index (χ2v) is 6.14. The van der Waals surface area contributed by atoms with E-state index in [1.165, 1.54) is 12.8 Å². The van der Waals surface area contributed by atoms with Crippen LogP contribution in [-0.2, 0) is 11.3 Å². The number of carbonyl (C=O) groups is 1. The van der Waals surface area contributed by atoms with Gasteiger partial charge in [-0.25, -0.2) is 0 Å². The summed E-state index contributed by atoms with van der Waals surface area (Å²) < 4.78 is 5.48. The molecule has 0 radical (unpaired) electrons. The van der Waals surface area contributed by atoms with Crippen molar-refractivity contribution in [2.45, 2.75) is 39.7 Å². The van der Waals surface area contributed by atoms with Crippen molar-refractivity contribution in [1.82, 2.24) is 10.6 Å². The first-order valence-electron chi connectivity index (χ1n) is 8.38. The number of carbonyl (C=O) groups excluding carboxylic acids is 1. The van der Waals surface area contributed by atoms with Crippen LogP contribution in [-0.4, -0.2) is 25.6 Å². The number of nitrogens with one attached hydrogen (secondary N) is 2. The van der Waals surface area contributed by atoms with Gasteiger partial charge in [0.25, 0.3) is 0 Å². The molecule has 4 nitrogen and oxygen atoms in total. The summed E-state index contributed by atoms with van der Waals surface area (Å²) >= 11 is 0. The molecule has 2 atom stereocenters. The third kappa shape index (κ3) is 6.80. The van der Waals surface area contributed by atoms with Gasteiger partial charge in [0.05, 0.1) is 6.61 Å². The van der Waals surface area contributed by atoms with Crippen molar-refractivity contribution < 1.29 is 9.53 Å². The van der Waals surface area contributed by atoms with Gasteiger partial charge in [0.1, 0.15) is 5.75 Å². The molecule has 2 rings (SSSR count). The van der Waals surface area contributed by atoms with Gasteiger partial charge in [-0.2, -0.15) is 0 Å². The van der Waals surface area contributed by atoms with Crippen LogP contribution < -0.4 is 15.4 Å². The lowest BCUT2D eigenvalue weighted by atomic mass is 9.85. The van der Waals surface area contributed by atoms with Gasteiger partial charge < -0.3 is 15.4 Å². The van der Waals surface area contributed by atoms with Gasteiger partial charge in [-0.1, -0.05) is 19.1 Å². The molecule has 1 saturated heterocycles. The molecule has 1 aliphatic rings. The molecule has 2 N–H and O–H groups in total. The van der Waals surface area contributed by atoms with E-state index in [0.717, 1.165) is 24.4 Å². The molecular weight excluding hydrogens is 312 g/mol. The molecule has 0 bridgehead atoms. The molecule has 0 aromatic heterocycles. The Morgan fingerprint density at radius 3 is 3.00 bits per heavy atom. The van der Waals surface area contributed by atoms with Gasteiger partial charge in [-0.15, -0.1) is 12.4 Å². The molecule has 0 saturated carbocycles. The standard InChI is InChI=1S/C18H28N2O2.ClH/c1-3-22-17-8-4-6-15(11-17)12-20-18(21)10-14(2)16-7-5-9-19-13-16;/h4,6,8,11,14,16,19H,3,5,7,9-10,12-13H2,1-2H3,(H,20,21);1H. The minimum absolute atomic E-state index is 0. The molecule has 1 aromatic rings. The third-order valence-corrected chi connectivity index (χ3v) is 4.35. The smallest absolute Gasteiger partial charge is 0.220 e. The Morgan fingerprint density at radius 1 is 1.48 bits per heavy atom. The summed E-state index contributed by atoms with van der Waals surface area (Å²) in [6.45, 7) is 7.54. The number of benzene rings is 1. The highest BCUT2D eigenvalue weighted by Crippen LogP contribution is 2.22. The Hall–Kier alpha value is -1.26. The number of hydrogen-bond donors (Lipinski definition) is 2. The molecule has 1 aliphatic heterocycles. The third-order valence-electron chi connectivity index (χ3n) is 4.35. The second kappa shape index (κ2) is 10.5. The van der Waals surface area contributed by atoms with E-state index in [1.807, 2.05) is 31.2 Å². The molecule has 23 heavy (non-hydrogen) atoms. The monoisotopic (exact) mass is 340 g/mol. The van der Waals surface area contributed by atoms with Crippen LogP contribution >= 0.6 is 12.4 Å². The highest BCUT2D eigenvalue weighted by atomic mass is 35.5. The normalized spacial score (nSPS) is 18.6. The Morgan fingerprint density at radius 2 is 2.30 bits per heavy atom. The van der Waals surface area contributed by atoms with E-state index in [9.17, 15) is 4.79 Å². The summed E-state index contributed by atoms with van der Waals surface area (Å²) in [7, 11) is 0. The summed E-state index contributed by atoms with van der Waals surface area (Å²) in [6.07, 6.45) is 3.07. The number of piperidine rings is 1. The summed E-state index contributed by atoms with van der Waals surface area (Å²) in [6, 6.07) is 7.89. The molecule has 130 valence electrons. The molecule has 1 amide bonds. The Labute approximate surface area is 145 Å². The van der Waals surface area contributed by atoms with Gasteiger partial charge in [0.15, 0.2) is 0 Å². The first kappa shape index (κ1) is 19.8. The fourth-order valence-electron chi connectivity index (χ4n) is 3.01. The number of rotatable bonds is 7. The van der Waals surface area contributed by atoms with Crippen molar-refractivity contribution in [3.05, 3.63) is 29.8 Å². The van der Waals surface area contributed by atoms with E-state index < -0.39 is 0 Å². The summed E-state index contributed by atoms with van der Waals surface area (Å²) in [5, 5.41) is 6.44. The molecule has 2 unspecified atom stereocenters. The minimum atomic E-state index is 0. The number of halogens is 1. The molecule has 0 aliphatic carbocycles. The highest BCUT2D eigenvalue weighted by Gasteiger charge is 2.21. The quantitative estimate of drug-likeness (QED) is 0.801. The van der Waals surface area contributed by atoms with Crippen LogP contribution in [0.15, 0.2) is 24.3 Å². The van der Waals surface area contributed by atoms with Crippen LogP contribution in [0.2, 0.25) is 0 Å². The number of hydrogen-bond acceptors (Lipinski definition) is 3. The van der Waals surface area contributed by atoms with Gasteiger partial charge in [0.2, 0.25) is 5.91 Å². The van der Waals surface area contributed by atoms with E-state index in [-0.39, 0.29) is 18.3 Å². The maximum atomic E-state index is 12.1. The van der Waals surface area contributed by atoms with Gasteiger partial charge in [0, 0.05) is 13.0 Å². The SMILES string of the molecule is CCOc1cccc(CNC(=O)CC(C)C2CCCNC2)c1.Cl. The molecule has 1 fully saturated rings. The summed E-state index contributed by atoms with van der Waals surface area (Å²) in [4.78, 5) is 12.1. The van der Waals surface area contributed by atoms with Crippen molar-refractivity contribution in [2.75, 3.05) is 19.7 Å². The zero-order chi connectivity index (χ0) is 15.8. The first-order chi connectivity index (χ1) is 10.7. The van der Waals surface area contributed by atoms with E-state index in [1.54, 1.807) is 0 Å². The lowest BCUT2D eigenvalue weighted by Crippen LogP contribution is -2.35. The predicted octanol–water partition coefficient (Wildman–Crippen LogP) is 3.15. The molecule has 1 heterocycles. The second-order valence-electron chi connectivity index (χ2n) is 6.14. The maximum absolute atomic E-state index is 12.1. The van der Waals surface area contributed by atoms with Crippen molar-refractivity contribution in [3.63, 3.8) is 0 Å². The van der Waals surface area contributed by atoms with E-state index in [4.69, 9.17) is 4.74 Å². The fraction of sp³-hybridized carbons (Fsp3) is 0.611. The fourth-order valence-corrected chi connectivity index (χ4v) is 3.01. The lowest BCUT2D eigenvalue weighted by Gasteiger charge is -2.28. The van der Waals surface area contributed by atoms with E-state index in [0.29, 0.717) is 31.4 Å². The molecular formula is C18H29ClN2O2. The molecule has 0 spiro atoms. The van der Waals surface area contributed by atoms with Crippen LogP contribution in [0.4, 0.5) is 0 Å². The highest BCUT2D eigenvalue weighted by molar-refractivity contribution is 5.85. The number of ether oxygens (including phenoxy) is 1. The Bertz CT molecular complexity index is 476. The van der Waals surface area contributed by atoms with Gasteiger partial charge >= 0.3 is 0 Å². The molecule has 1 aromatic carbocycles. The van der Waals surface area contributed by atoms with Crippen molar-refractivity contribution >= 4 is 18.3 Å². The summed E-state index contributed by atoms with van der Waals surface area (Å²) in [5.41, 5.74) is 1.08. The van der Waals surface area contributed by atoms with Crippen molar-refractivity contribution in [1.29, 1.82) is 0 Å². The predicted molar refractivity (Wildman–Crippen MR) is 96.1 cm³/mol. The van der Waals surface area contributed by atoms with E-state index in [2.05, 4.69) is 17.6 Å². The van der Waals surface area contributed by atoms with Gasteiger partial charge in [-0.3, -0.25) is 4.79 Å². The first-order valence-corrected chi connectivity index (χ1v) is 8.38. The Kier molecular flexibility index (Phi) is 9.03. The van der Waals surface area contributed by atoms with Crippen LogP contribution in [0.25, 0.3) is 0 Å². The van der Waals surface area contributed by atoms with Crippen molar-refractivity contribution in [2.24, 2.45) is 11.8 Å². The average Bonchev–Trinajstić information content (AvgIpc) is 2.54. The minimum Gasteiger partial charge on any atom is -0.494 e. The van der Waals surface area contributed by atoms with Crippen molar-refractivity contribution in [3.8, 4) is 5.75 Å². The average molecular weight is 341 g/mol.